The van der Waals surface area contributed by atoms with Crippen LogP contribution < -0.4 is 11.2 Å². The average molecular weight is 308 g/mol. The van der Waals surface area contributed by atoms with Gasteiger partial charge >= 0.3 is 11.9 Å². The lowest BCUT2D eigenvalue weighted by Gasteiger charge is -2.15. The Labute approximate surface area is 117 Å². The number of aliphatic hydroxyl groups is 1. The summed E-state index contributed by atoms with van der Waals surface area (Å²) in [5, 5.41) is 8.83. The summed E-state index contributed by atoms with van der Waals surface area (Å²) in [7, 11) is 0. The first-order chi connectivity index (χ1) is 9.80. The zero-order valence-corrected chi connectivity index (χ0v) is 11.0. The molecule has 1 aromatic rings. The van der Waals surface area contributed by atoms with Crippen LogP contribution in [0.3, 0.4) is 0 Å². The van der Waals surface area contributed by atoms with Gasteiger partial charge in [0.15, 0.2) is 0 Å². The smallest absolute Gasteiger partial charge is 0.396 e. The van der Waals surface area contributed by atoms with E-state index in [1.54, 1.807) is 0 Å². The second-order valence-corrected chi connectivity index (χ2v) is 4.92. The van der Waals surface area contributed by atoms with Crippen LogP contribution in [0.4, 0.5) is 13.2 Å². The van der Waals surface area contributed by atoms with Gasteiger partial charge in [0.2, 0.25) is 0 Å². The van der Waals surface area contributed by atoms with Gasteiger partial charge in [0.05, 0.1) is 17.8 Å². The number of halogens is 3. The Morgan fingerprint density at radius 2 is 2.10 bits per heavy atom. The van der Waals surface area contributed by atoms with Gasteiger partial charge in [0.25, 0.3) is 5.56 Å². The zero-order chi connectivity index (χ0) is 15.6. The van der Waals surface area contributed by atoms with Gasteiger partial charge in [0, 0.05) is 12.8 Å². The minimum Gasteiger partial charge on any atom is -0.396 e. The van der Waals surface area contributed by atoms with Crippen LogP contribution in [-0.4, -0.2) is 33.5 Å². The van der Waals surface area contributed by atoms with Crippen LogP contribution >= 0.6 is 0 Å². The molecule has 2 N–H and O–H groups in total. The standard InChI is InChI=1S/C12H15F3N2O4/c13-12(14,15)6-17-5-8(10(19)16-11(17)20)9-2-1-7(21-9)3-4-18/h5,7,9,18H,1-4,6H2,(H,16,19,20). The van der Waals surface area contributed by atoms with Crippen molar-refractivity contribution in [2.45, 2.75) is 44.2 Å². The minimum atomic E-state index is -4.56. The largest absolute Gasteiger partial charge is 0.406 e. The molecular weight excluding hydrogens is 293 g/mol. The van der Waals surface area contributed by atoms with Gasteiger partial charge in [-0.25, -0.2) is 4.79 Å². The van der Waals surface area contributed by atoms with Crippen molar-refractivity contribution in [3.05, 3.63) is 32.6 Å². The highest BCUT2D eigenvalue weighted by Crippen LogP contribution is 2.32. The molecule has 6 nitrogen and oxygen atoms in total. The van der Waals surface area contributed by atoms with Gasteiger partial charge in [-0.2, -0.15) is 13.2 Å². The van der Waals surface area contributed by atoms with E-state index in [1.165, 1.54) is 0 Å². The Hall–Kier alpha value is -1.61. The first kappa shape index (κ1) is 15.8. The van der Waals surface area contributed by atoms with E-state index >= 15 is 0 Å². The summed E-state index contributed by atoms with van der Waals surface area (Å²) < 4.78 is 43.1. The highest BCUT2D eigenvalue weighted by Gasteiger charge is 2.31. The molecule has 1 aliphatic heterocycles. The van der Waals surface area contributed by atoms with Crippen LogP contribution in [-0.2, 0) is 11.3 Å². The highest BCUT2D eigenvalue weighted by atomic mass is 19.4. The topological polar surface area (TPSA) is 84.3 Å². The number of aromatic amines is 1. The van der Waals surface area contributed by atoms with Crippen molar-refractivity contribution in [3.63, 3.8) is 0 Å². The fraction of sp³-hybridized carbons (Fsp3) is 0.667. The zero-order valence-electron chi connectivity index (χ0n) is 11.0. The summed E-state index contributed by atoms with van der Waals surface area (Å²) in [4.78, 5) is 25.0. The number of ether oxygens (including phenoxy) is 1. The maximum absolute atomic E-state index is 12.4. The van der Waals surface area contributed by atoms with Gasteiger partial charge in [-0.05, 0) is 19.3 Å². The number of H-pyrrole nitrogens is 1. The Balaban J connectivity index is 2.26. The molecule has 1 aliphatic rings. The summed E-state index contributed by atoms with van der Waals surface area (Å²) >= 11 is 0. The van der Waals surface area contributed by atoms with E-state index in [0.717, 1.165) is 6.20 Å². The molecule has 2 rings (SSSR count). The van der Waals surface area contributed by atoms with Gasteiger partial charge in [0.1, 0.15) is 6.54 Å². The van der Waals surface area contributed by atoms with E-state index in [4.69, 9.17) is 9.84 Å². The van der Waals surface area contributed by atoms with E-state index < -0.39 is 30.1 Å². The van der Waals surface area contributed by atoms with Crippen molar-refractivity contribution >= 4 is 0 Å². The molecule has 1 saturated heterocycles. The number of nitrogens with zero attached hydrogens (tertiary/aromatic N) is 1. The summed E-state index contributed by atoms with van der Waals surface area (Å²) in [6.45, 7) is -1.54. The first-order valence-corrected chi connectivity index (χ1v) is 6.47. The van der Waals surface area contributed by atoms with Gasteiger partial charge < -0.3 is 9.84 Å². The number of aliphatic hydroxyl groups excluding tert-OH is 1. The van der Waals surface area contributed by atoms with Gasteiger partial charge in [-0.15, -0.1) is 0 Å². The molecule has 2 heterocycles. The molecule has 0 radical (unpaired) electrons. The third-order valence-electron chi connectivity index (χ3n) is 3.29. The van der Waals surface area contributed by atoms with Crippen molar-refractivity contribution in [2.24, 2.45) is 0 Å². The number of nitrogens with one attached hydrogen (secondary N) is 1. The van der Waals surface area contributed by atoms with Crippen molar-refractivity contribution in [2.75, 3.05) is 6.61 Å². The molecule has 0 aromatic carbocycles. The molecule has 2 atom stereocenters. The molecular formula is C12H15F3N2O4. The van der Waals surface area contributed by atoms with Crippen LogP contribution in [0.25, 0.3) is 0 Å². The molecule has 21 heavy (non-hydrogen) atoms. The Bertz CT molecular complexity index is 608. The monoisotopic (exact) mass is 308 g/mol. The van der Waals surface area contributed by atoms with Crippen molar-refractivity contribution in [3.8, 4) is 0 Å². The second kappa shape index (κ2) is 6.02. The molecule has 0 saturated carbocycles. The molecule has 1 fully saturated rings. The van der Waals surface area contributed by atoms with E-state index in [2.05, 4.69) is 0 Å². The summed E-state index contributed by atoms with van der Waals surface area (Å²) in [6, 6.07) is 0. The molecule has 2 unspecified atom stereocenters. The van der Waals surface area contributed by atoms with E-state index in [-0.39, 0.29) is 18.3 Å². The fourth-order valence-electron chi connectivity index (χ4n) is 2.36. The van der Waals surface area contributed by atoms with E-state index in [9.17, 15) is 22.8 Å². The summed E-state index contributed by atoms with van der Waals surface area (Å²) in [5.41, 5.74) is -1.85. The predicted molar refractivity (Wildman–Crippen MR) is 65.9 cm³/mol. The Morgan fingerprint density at radius 3 is 2.71 bits per heavy atom. The quantitative estimate of drug-likeness (QED) is 0.857. The molecule has 0 bridgehead atoms. The molecule has 0 amide bonds. The number of alkyl halides is 3. The van der Waals surface area contributed by atoms with Crippen LogP contribution in [0.15, 0.2) is 15.8 Å². The molecule has 0 aliphatic carbocycles. The fourth-order valence-corrected chi connectivity index (χ4v) is 2.36. The highest BCUT2D eigenvalue weighted by molar-refractivity contribution is 5.10. The maximum atomic E-state index is 12.4. The average Bonchev–Trinajstić information content (AvgIpc) is 2.80. The van der Waals surface area contributed by atoms with Crippen molar-refractivity contribution < 1.29 is 23.0 Å². The van der Waals surface area contributed by atoms with Gasteiger partial charge in [-0.3, -0.25) is 14.3 Å². The minimum absolute atomic E-state index is 0.000658. The summed E-state index contributed by atoms with van der Waals surface area (Å²) in [6.07, 6.45) is -3.10. The number of rotatable bonds is 4. The van der Waals surface area contributed by atoms with Crippen LogP contribution in [0.1, 0.15) is 30.9 Å². The van der Waals surface area contributed by atoms with Crippen LogP contribution in [0, 0.1) is 0 Å². The molecule has 1 aromatic heterocycles. The summed E-state index contributed by atoms with van der Waals surface area (Å²) in [5.74, 6) is 0. The van der Waals surface area contributed by atoms with E-state index in [1.807, 2.05) is 4.98 Å². The van der Waals surface area contributed by atoms with E-state index in [0.29, 0.717) is 23.8 Å². The third kappa shape index (κ3) is 3.94. The SMILES string of the molecule is O=c1[nH]c(=O)n(CC(F)(F)F)cc1C1CCC(CCO)O1. The molecule has 118 valence electrons. The number of aromatic nitrogens is 2. The normalized spacial score (nSPS) is 22.7. The lowest BCUT2D eigenvalue weighted by Crippen LogP contribution is -2.36. The van der Waals surface area contributed by atoms with Gasteiger partial charge in [-0.1, -0.05) is 0 Å². The Morgan fingerprint density at radius 1 is 1.38 bits per heavy atom. The van der Waals surface area contributed by atoms with Crippen LogP contribution in [0.2, 0.25) is 0 Å². The first-order valence-electron chi connectivity index (χ1n) is 6.47. The molecule has 0 spiro atoms. The van der Waals surface area contributed by atoms with Crippen molar-refractivity contribution in [1.29, 1.82) is 0 Å². The predicted octanol–water partition coefficient (Wildman–Crippen LogP) is 0.701. The maximum Gasteiger partial charge on any atom is 0.406 e. The lowest BCUT2D eigenvalue weighted by atomic mass is 10.1. The number of hydrogen-bond donors (Lipinski definition) is 2. The number of hydrogen-bond acceptors (Lipinski definition) is 4. The molecule has 9 heteroatoms. The van der Waals surface area contributed by atoms with Crippen LogP contribution in [0.5, 0.6) is 0 Å². The second-order valence-electron chi connectivity index (χ2n) is 4.92. The Kier molecular flexibility index (Phi) is 4.52. The van der Waals surface area contributed by atoms with Crippen molar-refractivity contribution in [1.82, 2.24) is 9.55 Å². The third-order valence-corrected chi connectivity index (χ3v) is 3.29. The lowest BCUT2D eigenvalue weighted by molar-refractivity contribution is -0.141.